The van der Waals surface area contributed by atoms with Crippen molar-refractivity contribution in [2.45, 2.75) is 0 Å². The van der Waals surface area contributed by atoms with Crippen molar-refractivity contribution in [3.63, 3.8) is 0 Å². The van der Waals surface area contributed by atoms with Gasteiger partial charge in [0.05, 0.1) is 16.5 Å². The summed E-state index contributed by atoms with van der Waals surface area (Å²) in [4.78, 5) is 2.32. The van der Waals surface area contributed by atoms with Gasteiger partial charge >= 0.3 is 0 Å². The van der Waals surface area contributed by atoms with Crippen molar-refractivity contribution in [2.24, 2.45) is 0 Å². The first-order valence-corrected chi connectivity index (χ1v) is 14.5. The lowest BCUT2D eigenvalue weighted by Crippen LogP contribution is -2.10. The molecule has 0 aliphatic rings. The van der Waals surface area contributed by atoms with Crippen molar-refractivity contribution in [1.29, 1.82) is 0 Å². The van der Waals surface area contributed by atoms with E-state index in [0.717, 1.165) is 71.7 Å². The molecule has 7 aromatic carbocycles. The van der Waals surface area contributed by atoms with Crippen LogP contribution in [-0.2, 0) is 0 Å². The predicted octanol–water partition coefficient (Wildman–Crippen LogP) is 11.8. The van der Waals surface area contributed by atoms with Crippen LogP contribution < -0.4 is 4.90 Å². The molecule has 0 atom stereocenters. The lowest BCUT2D eigenvalue weighted by atomic mass is 9.99. The first-order valence-electron chi connectivity index (χ1n) is 14.5. The zero-order valence-corrected chi connectivity index (χ0v) is 23.2. The van der Waals surface area contributed by atoms with E-state index >= 15 is 0 Å². The Morgan fingerprint density at radius 2 is 0.930 bits per heavy atom. The maximum atomic E-state index is 6.72. The van der Waals surface area contributed by atoms with Gasteiger partial charge in [-0.05, 0) is 59.0 Å². The Bertz CT molecular complexity index is 2440. The molecule has 0 aliphatic heterocycles. The van der Waals surface area contributed by atoms with Crippen LogP contribution in [0.15, 0.2) is 160 Å². The van der Waals surface area contributed by atoms with E-state index in [4.69, 9.17) is 8.83 Å². The third-order valence-electron chi connectivity index (χ3n) is 8.44. The van der Waals surface area contributed by atoms with Gasteiger partial charge < -0.3 is 13.7 Å². The van der Waals surface area contributed by atoms with Crippen LogP contribution in [-0.4, -0.2) is 0 Å². The summed E-state index contributed by atoms with van der Waals surface area (Å²) in [6.07, 6.45) is 0. The molecule has 0 amide bonds. The van der Waals surface area contributed by atoms with Crippen molar-refractivity contribution < 1.29 is 8.83 Å². The molecule has 9 aromatic rings. The lowest BCUT2D eigenvalue weighted by Gasteiger charge is -2.26. The minimum absolute atomic E-state index is 0.826. The third-order valence-corrected chi connectivity index (χ3v) is 8.44. The largest absolute Gasteiger partial charge is 0.455 e. The van der Waals surface area contributed by atoms with E-state index in [1.165, 1.54) is 11.1 Å². The van der Waals surface area contributed by atoms with E-state index in [0.29, 0.717) is 0 Å². The van der Waals surface area contributed by atoms with Crippen LogP contribution in [0.4, 0.5) is 17.1 Å². The van der Waals surface area contributed by atoms with Gasteiger partial charge in [0.25, 0.3) is 0 Å². The number of hydrogen-bond acceptors (Lipinski definition) is 3. The third kappa shape index (κ3) is 3.62. The van der Waals surface area contributed by atoms with Crippen LogP contribution in [0.1, 0.15) is 0 Å². The van der Waals surface area contributed by atoms with Crippen LogP contribution in [0.25, 0.3) is 65.8 Å². The van der Waals surface area contributed by atoms with E-state index in [1.807, 2.05) is 18.2 Å². The lowest BCUT2D eigenvalue weighted by molar-refractivity contribution is 0.665. The van der Waals surface area contributed by atoms with Gasteiger partial charge in [0.15, 0.2) is 0 Å². The molecule has 2 aromatic heterocycles. The van der Waals surface area contributed by atoms with Crippen LogP contribution in [0.5, 0.6) is 0 Å². The molecule has 0 N–H and O–H groups in total. The zero-order chi connectivity index (χ0) is 28.3. The van der Waals surface area contributed by atoms with Crippen LogP contribution in [0, 0.1) is 0 Å². The minimum Gasteiger partial charge on any atom is -0.455 e. The van der Waals surface area contributed by atoms with E-state index in [-0.39, 0.29) is 0 Å². The van der Waals surface area contributed by atoms with Crippen molar-refractivity contribution >= 4 is 71.7 Å². The number of rotatable bonds is 4. The Morgan fingerprint density at radius 3 is 1.72 bits per heavy atom. The predicted molar refractivity (Wildman–Crippen MR) is 179 cm³/mol. The highest BCUT2D eigenvalue weighted by atomic mass is 16.3. The van der Waals surface area contributed by atoms with Gasteiger partial charge in [-0.1, -0.05) is 109 Å². The van der Waals surface area contributed by atoms with Gasteiger partial charge in [-0.2, -0.15) is 0 Å². The average molecular weight is 552 g/mol. The molecule has 202 valence electrons. The van der Waals surface area contributed by atoms with E-state index in [9.17, 15) is 0 Å². The maximum Gasteiger partial charge on any atom is 0.147 e. The van der Waals surface area contributed by atoms with Crippen molar-refractivity contribution in [1.82, 2.24) is 0 Å². The molecule has 0 bridgehead atoms. The second kappa shape index (κ2) is 9.37. The molecule has 0 spiro atoms. The highest BCUT2D eigenvalue weighted by Gasteiger charge is 2.25. The molecular weight excluding hydrogens is 526 g/mol. The summed E-state index contributed by atoms with van der Waals surface area (Å²) in [6, 6.07) is 52.9. The summed E-state index contributed by atoms with van der Waals surface area (Å²) in [6.45, 7) is 0. The summed E-state index contributed by atoms with van der Waals surface area (Å²) in [5, 5.41) is 6.47. The van der Waals surface area contributed by atoms with Crippen molar-refractivity contribution in [3.8, 4) is 11.1 Å². The van der Waals surface area contributed by atoms with Crippen LogP contribution in [0.2, 0.25) is 0 Å². The molecule has 0 saturated heterocycles. The molecule has 3 heteroatoms. The SMILES string of the molecule is c1ccc(-c2ccc(N(c3ccccc3)c3cccc4oc5c6ccccc6c6c7ccccc7oc6c5c34)cc2)cc1. The summed E-state index contributed by atoms with van der Waals surface area (Å²) >= 11 is 0. The first-order chi connectivity index (χ1) is 21.3. The molecule has 0 unspecified atom stereocenters. The Balaban J connectivity index is 1.38. The second-order valence-electron chi connectivity index (χ2n) is 10.9. The summed E-state index contributed by atoms with van der Waals surface area (Å²) in [5.41, 5.74) is 8.94. The highest BCUT2D eigenvalue weighted by molar-refractivity contribution is 6.35. The standard InChI is InChI=1S/C40H25NO2/c1-3-12-26(13-4-1)27-22-24-29(25-23-27)41(28-14-5-2-6-15-28)33-19-11-21-35-37(33)38-39(43-35)31-17-8-7-16-30(31)36-32-18-9-10-20-34(32)42-40(36)38/h1-25H. The topological polar surface area (TPSA) is 29.5 Å². The maximum absolute atomic E-state index is 6.72. The van der Waals surface area contributed by atoms with Gasteiger partial charge in [-0.3, -0.25) is 0 Å². The van der Waals surface area contributed by atoms with Crippen LogP contribution >= 0.6 is 0 Å². The zero-order valence-electron chi connectivity index (χ0n) is 23.2. The quantitative estimate of drug-likeness (QED) is 0.218. The van der Waals surface area contributed by atoms with Gasteiger partial charge in [0.1, 0.15) is 22.3 Å². The molecule has 0 aliphatic carbocycles. The molecule has 9 rings (SSSR count). The molecule has 2 heterocycles. The number of para-hydroxylation sites is 2. The Hall–Kier alpha value is -5.80. The minimum atomic E-state index is 0.826. The van der Waals surface area contributed by atoms with Crippen molar-refractivity contribution in [3.05, 3.63) is 152 Å². The molecule has 0 radical (unpaired) electrons. The highest BCUT2D eigenvalue weighted by Crippen LogP contribution is 2.49. The van der Waals surface area contributed by atoms with Gasteiger partial charge in [0.2, 0.25) is 0 Å². The molecule has 0 saturated carbocycles. The molecule has 3 nitrogen and oxygen atoms in total. The number of nitrogens with zero attached hydrogens (tertiary/aromatic N) is 1. The second-order valence-corrected chi connectivity index (χ2v) is 10.9. The van der Waals surface area contributed by atoms with Gasteiger partial charge in [-0.25, -0.2) is 0 Å². The Labute approximate surface area is 247 Å². The first kappa shape index (κ1) is 23.9. The number of furan rings is 2. The summed E-state index contributed by atoms with van der Waals surface area (Å²) in [5.74, 6) is 0. The molecular formula is C40H25NO2. The van der Waals surface area contributed by atoms with Gasteiger partial charge in [-0.15, -0.1) is 0 Å². The normalized spacial score (nSPS) is 11.7. The number of hydrogen-bond donors (Lipinski definition) is 0. The van der Waals surface area contributed by atoms with E-state index < -0.39 is 0 Å². The van der Waals surface area contributed by atoms with Gasteiger partial charge in [0, 0.05) is 27.5 Å². The van der Waals surface area contributed by atoms with Crippen LogP contribution in [0.3, 0.4) is 0 Å². The summed E-state index contributed by atoms with van der Waals surface area (Å²) in [7, 11) is 0. The summed E-state index contributed by atoms with van der Waals surface area (Å²) < 4.78 is 13.4. The van der Waals surface area contributed by atoms with Crippen molar-refractivity contribution in [2.75, 3.05) is 4.90 Å². The monoisotopic (exact) mass is 551 g/mol. The Kier molecular flexibility index (Phi) is 5.20. The fourth-order valence-corrected chi connectivity index (χ4v) is 6.55. The number of anilines is 3. The van der Waals surface area contributed by atoms with E-state index in [1.54, 1.807) is 0 Å². The fourth-order valence-electron chi connectivity index (χ4n) is 6.55. The fraction of sp³-hybridized carbons (Fsp3) is 0. The Morgan fingerprint density at radius 1 is 0.349 bits per heavy atom. The average Bonchev–Trinajstić information content (AvgIpc) is 3.66. The number of benzene rings is 7. The van der Waals surface area contributed by atoms with E-state index in [2.05, 4.69) is 138 Å². The number of fused-ring (bicyclic) bond motifs is 10. The molecule has 43 heavy (non-hydrogen) atoms. The molecule has 0 fully saturated rings. The smallest absolute Gasteiger partial charge is 0.147 e.